The second-order valence-corrected chi connectivity index (χ2v) is 7.94. The van der Waals surface area contributed by atoms with Crippen LogP contribution in [0.25, 0.3) is 0 Å². The fourth-order valence-corrected chi connectivity index (χ4v) is 4.09. The molecule has 1 unspecified atom stereocenters. The van der Waals surface area contributed by atoms with E-state index in [1.165, 1.54) is 4.31 Å². The summed E-state index contributed by atoms with van der Waals surface area (Å²) >= 11 is 0. The largest absolute Gasteiger partial charge is 0.378 e. The summed E-state index contributed by atoms with van der Waals surface area (Å²) in [6.07, 6.45) is 2.75. The summed E-state index contributed by atoms with van der Waals surface area (Å²) in [7, 11) is -0.275. The third kappa shape index (κ3) is 4.09. The lowest BCUT2D eigenvalue weighted by molar-refractivity contribution is 0.0673. The molecular formula is C13H27N5O3S. The summed E-state index contributed by atoms with van der Waals surface area (Å²) < 4.78 is 32.9. The van der Waals surface area contributed by atoms with Crippen molar-refractivity contribution < 1.29 is 13.2 Å². The first-order valence-electron chi connectivity index (χ1n) is 7.75. The van der Waals surface area contributed by atoms with Crippen LogP contribution in [0.3, 0.4) is 0 Å². The number of guanidine groups is 1. The predicted molar refractivity (Wildman–Crippen MR) is 85.8 cm³/mol. The number of piperidine rings is 1. The van der Waals surface area contributed by atoms with Crippen molar-refractivity contribution in [3.05, 3.63) is 0 Å². The first kappa shape index (κ1) is 17.5. The van der Waals surface area contributed by atoms with Crippen molar-refractivity contribution in [2.24, 2.45) is 10.7 Å². The van der Waals surface area contributed by atoms with Crippen molar-refractivity contribution in [1.82, 2.24) is 13.5 Å². The van der Waals surface area contributed by atoms with E-state index in [9.17, 15) is 8.42 Å². The number of hydrogen-bond donors (Lipinski definition) is 1. The van der Waals surface area contributed by atoms with Gasteiger partial charge in [-0.2, -0.15) is 17.0 Å². The Morgan fingerprint density at radius 1 is 1.27 bits per heavy atom. The maximum Gasteiger partial charge on any atom is 0.281 e. The lowest BCUT2D eigenvalue weighted by atomic mass is 10.1. The molecule has 0 bridgehead atoms. The molecule has 0 saturated carbocycles. The van der Waals surface area contributed by atoms with Gasteiger partial charge in [0.25, 0.3) is 10.2 Å². The molecule has 0 aliphatic carbocycles. The number of nitrogens with two attached hydrogens (primary N) is 1. The molecule has 22 heavy (non-hydrogen) atoms. The molecule has 8 nitrogen and oxygen atoms in total. The third-order valence-corrected chi connectivity index (χ3v) is 6.13. The van der Waals surface area contributed by atoms with Gasteiger partial charge in [0.2, 0.25) is 0 Å². The summed E-state index contributed by atoms with van der Waals surface area (Å²) in [6, 6.07) is -0.110. The smallest absolute Gasteiger partial charge is 0.281 e. The van der Waals surface area contributed by atoms with Crippen LogP contribution >= 0.6 is 0 Å². The van der Waals surface area contributed by atoms with Gasteiger partial charge in [0, 0.05) is 39.8 Å². The van der Waals surface area contributed by atoms with Crippen LogP contribution < -0.4 is 5.73 Å². The van der Waals surface area contributed by atoms with Crippen LogP contribution in [0, 0.1) is 0 Å². The van der Waals surface area contributed by atoms with E-state index in [0.29, 0.717) is 32.3 Å². The number of morpholine rings is 1. The van der Waals surface area contributed by atoms with Gasteiger partial charge in [-0.05, 0) is 12.8 Å². The molecule has 0 spiro atoms. The minimum atomic E-state index is -3.40. The van der Waals surface area contributed by atoms with E-state index < -0.39 is 10.2 Å². The number of nitrogens with zero attached hydrogens (tertiary/aromatic N) is 4. The molecule has 0 aromatic heterocycles. The summed E-state index contributed by atoms with van der Waals surface area (Å²) in [4.78, 5) is 6.42. The van der Waals surface area contributed by atoms with Gasteiger partial charge in [-0.3, -0.25) is 4.99 Å². The molecule has 2 saturated heterocycles. The van der Waals surface area contributed by atoms with Crippen LogP contribution in [-0.2, 0) is 14.9 Å². The molecule has 2 heterocycles. The molecule has 128 valence electrons. The molecule has 0 aromatic rings. The van der Waals surface area contributed by atoms with E-state index in [-0.39, 0.29) is 6.04 Å². The Morgan fingerprint density at radius 3 is 2.59 bits per heavy atom. The molecule has 0 aromatic carbocycles. The Bertz CT molecular complexity index is 488. The molecule has 2 aliphatic rings. The van der Waals surface area contributed by atoms with E-state index in [0.717, 1.165) is 32.4 Å². The second-order valence-electron chi connectivity index (χ2n) is 5.85. The van der Waals surface area contributed by atoms with Crippen molar-refractivity contribution in [2.45, 2.75) is 25.3 Å². The lowest BCUT2D eigenvalue weighted by Crippen LogP contribution is -2.50. The number of hydrogen-bond acceptors (Lipinski definition) is 4. The van der Waals surface area contributed by atoms with Gasteiger partial charge < -0.3 is 15.4 Å². The molecular weight excluding hydrogens is 306 g/mol. The molecule has 0 amide bonds. The molecule has 1 atom stereocenters. The topological polar surface area (TPSA) is 91.5 Å². The van der Waals surface area contributed by atoms with Gasteiger partial charge in [-0.1, -0.05) is 6.42 Å². The van der Waals surface area contributed by atoms with Crippen LogP contribution in [0.5, 0.6) is 0 Å². The minimum absolute atomic E-state index is 0.110. The highest BCUT2D eigenvalue weighted by atomic mass is 32.2. The van der Waals surface area contributed by atoms with Crippen molar-refractivity contribution in [2.75, 3.05) is 53.5 Å². The average Bonchev–Trinajstić information content (AvgIpc) is 2.53. The van der Waals surface area contributed by atoms with Gasteiger partial charge in [-0.25, -0.2) is 0 Å². The van der Waals surface area contributed by atoms with Crippen LogP contribution in [0.1, 0.15) is 19.3 Å². The maximum atomic E-state index is 12.4. The quantitative estimate of drug-likeness (QED) is 0.542. The number of rotatable bonds is 4. The molecule has 2 rings (SSSR count). The third-order valence-electron chi connectivity index (χ3n) is 4.13. The SMILES string of the molecule is CN(C)S(=O)(=O)N1CCCCC1CN=C(N)N1CCOCC1. The predicted octanol–water partition coefficient (Wildman–Crippen LogP) is -0.706. The van der Waals surface area contributed by atoms with Crippen LogP contribution in [0.4, 0.5) is 0 Å². The standard InChI is InChI=1S/C13H27N5O3S/c1-16(2)22(19,20)18-6-4-3-5-12(18)11-15-13(14)17-7-9-21-10-8-17/h12H,3-11H2,1-2H3,(H2,14,15). The van der Waals surface area contributed by atoms with E-state index >= 15 is 0 Å². The summed E-state index contributed by atoms with van der Waals surface area (Å²) in [6.45, 7) is 3.75. The molecule has 2 N–H and O–H groups in total. The van der Waals surface area contributed by atoms with Crippen LogP contribution in [0.2, 0.25) is 0 Å². The normalized spacial score (nSPS) is 25.7. The van der Waals surface area contributed by atoms with Crippen molar-refractivity contribution in [3.8, 4) is 0 Å². The first-order chi connectivity index (χ1) is 10.4. The van der Waals surface area contributed by atoms with Gasteiger partial charge in [0.05, 0.1) is 19.8 Å². The Kier molecular flexibility index (Phi) is 6.01. The highest BCUT2D eigenvalue weighted by Crippen LogP contribution is 2.22. The van der Waals surface area contributed by atoms with E-state index in [4.69, 9.17) is 10.5 Å². The first-order valence-corrected chi connectivity index (χ1v) is 9.14. The Balaban J connectivity index is 2.02. The fraction of sp³-hybridized carbons (Fsp3) is 0.923. The zero-order valence-corrected chi connectivity index (χ0v) is 14.3. The average molecular weight is 333 g/mol. The lowest BCUT2D eigenvalue weighted by Gasteiger charge is -2.35. The van der Waals surface area contributed by atoms with Gasteiger partial charge in [0.15, 0.2) is 5.96 Å². The van der Waals surface area contributed by atoms with E-state index in [1.54, 1.807) is 18.4 Å². The Morgan fingerprint density at radius 2 is 1.95 bits per heavy atom. The summed E-state index contributed by atoms with van der Waals surface area (Å²) in [5, 5.41) is 0. The van der Waals surface area contributed by atoms with Crippen molar-refractivity contribution in [1.29, 1.82) is 0 Å². The van der Waals surface area contributed by atoms with Crippen LogP contribution in [0.15, 0.2) is 4.99 Å². The Hall–Kier alpha value is -0.900. The zero-order chi connectivity index (χ0) is 16.2. The summed E-state index contributed by atoms with van der Waals surface area (Å²) in [5.41, 5.74) is 6.02. The van der Waals surface area contributed by atoms with Gasteiger partial charge in [-0.15, -0.1) is 0 Å². The van der Waals surface area contributed by atoms with E-state index in [1.807, 2.05) is 4.90 Å². The van der Waals surface area contributed by atoms with Gasteiger partial charge in [0.1, 0.15) is 0 Å². The number of ether oxygens (including phenoxy) is 1. The second kappa shape index (κ2) is 7.58. The highest BCUT2D eigenvalue weighted by molar-refractivity contribution is 7.86. The van der Waals surface area contributed by atoms with Crippen molar-refractivity contribution >= 4 is 16.2 Å². The maximum absolute atomic E-state index is 12.4. The molecule has 0 radical (unpaired) electrons. The molecule has 2 fully saturated rings. The van der Waals surface area contributed by atoms with Crippen molar-refractivity contribution in [3.63, 3.8) is 0 Å². The fourth-order valence-electron chi connectivity index (χ4n) is 2.76. The Labute approximate surface area is 133 Å². The highest BCUT2D eigenvalue weighted by Gasteiger charge is 2.33. The van der Waals surface area contributed by atoms with Gasteiger partial charge >= 0.3 is 0 Å². The zero-order valence-electron chi connectivity index (χ0n) is 13.4. The molecule has 9 heteroatoms. The van der Waals surface area contributed by atoms with Crippen LogP contribution in [-0.4, -0.2) is 87.4 Å². The van der Waals surface area contributed by atoms with E-state index in [2.05, 4.69) is 4.99 Å². The molecule has 2 aliphatic heterocycles. The minimum Gasteiger partial charge on any atom is -0.378 e. The number of aliphatic imine (C=N–C) groups is 1. The summed E-state index contributed by atoms with van der Waals surface area (Å²) in [5.74, 6) is 0.482. The monoisotopic (exact) mass is 333 g/mol.